The highest BCUT2D eigenvalue weighted by Crippen LogP contribution is 2.36. The van der Waals surface area contributed by atoms with Gasteiger partial charge in [0.25, 0.3) is 5.78 Å². The van der Waals surface area contributed by atoms with Gasteiger partial charge in [-0.3, -0.25) is 4.79 Å². The predicted octanol–water partition coefficient (Wildman–Crippen LogP) is 3.09. The van der Waals surface area contributed by atoms with Gasteiger partial charge in [-0.15, -0.1) is 0 Å². The fraction of sp³-hybridized carbons (Fsp3) is 0. The first-order valence-electron chi connectivity index (χ1n) is 5.96. The normalized spacial score (nSPS) is 13.9. The lowest BCUT2D eigenvalue weighted by Crippen LogP contribution is -2.10. The Hall–Kier alpha value is -2.68. The van der Waals surface area contributed by atoms with E-state index in [1.165, 1.54) is 0 Å². The lowest BCUT2D eigenvalue weighted by molar-refractivity contribution is -0.128. The average molecular weight is 248 g/mol. The van der Waals surface area contributed by atoms with Crippen molar-refractivity contribution in [1.82, 2.24) is 0 Å². The second-order valence-corrected chi connectivity index (χ2v) is 4.58. The molecule has 0 saturated heterocycles. The number of Topliss-reactive ketones (excluding diaryl/α,β-unsaturated/α-hetero) is 1. The molecule has 0 aromatic heterocycles. The molecule has 0 radical (unpaired) electrons. The van der Waals surface area contributed by atoms with Crippen LogP contribution in [0.2, 0.25) is 0 Å². The zero-order chi connectivity index (χ0) is 13.0. The van der Waals surface area contributed by atoms with Crippen molar-refractivity contribution in [1.29, 1.82) is 0 Å². The number of rotatable bonds is 0. The fourth-order valence-corrected chi connectivity index (χ4v) is 2.52. The van der Waals surface area contributed by atoms with Gasteiger partial charge in [-0.25, -0.2) is 4.79 Å². The van der Waals surface area contributed by atoms with Crippen LogP contribution < -0.4 is 4.74 Å². The highest BCUT2D eigenvalue weighted by molar-refractivity contribution is 6.45. The highest BCUT2D eigenvalue weighted by atomic mass is 16.5. The van der Waals surface area contributed by atoms with Crippen LogP contribution in [0.1, 0.15) is 10.4 Å². The molecule has 4 rings (SSSR count). The molecule has 0 spiro atoms. The van der Waals surface area contributed by atoms with Crippen LogP contribution >= 0.6 is 0 Å². The molecule has 1 aliphatic rings. The third kappa shape index (κ3) is 1.32. The van der Waals surface area contributed by atoms with Crippen LogP contribution in [0.25, 0.3) is 21.5 Å². The number of hydrogen-bond donors (Lipinski definition) is 0. The maximum Gasteiger partial charge on any atom is 0.385 e. The van der Waals surface area contributed by atoms with E-state index in [4.69, 9.17) is 4.74 Å². The van der Waals surface area contributed by atoms with Gasteiger partial charge >= 0.3 is 5.97 Å². The summed E-state index contributed by atoms with van der Waals surface area (Å²) in [6.45, 7) is 0. The van der Waals surface area contributed by atoms with Gasteiger partial charge in [-0.05, 0) is 34.4 Å². The molecule has 0 aliphatic carbocycles. The van der Waals surface area contributed by atoms with E-state index >= 15 is 0 Å². The van der Waals surface area contributed by atoms with Crippen LogP contribution in [0.3, 0.4) is 0 Å². The Morgan fingerprint density at radius 1 is 0.789 bits per heavy atom. The van der Waals surface area contributed by atoms with Crippen LogP contribution in [0.4, 0.5) is 0 Å². The van der Waals surface area contributed by atoms with Crippen LogP contribution in [-0.2, 0) is 4.79 Å². The molecule has 0 saturated carbocycles. The number of benzene rings is 3. The molecule has 0 amide bonds. The number of carbonyl (C=O) groups excluding carboxylic acids is 2. The van der Waals surface area contributed by atoms with E-state index < -0.39 is 11.8 Å². The summed E-state index contributed by atoms with van der Waals surface area (Å²) in [7, 11) is 0. The van der Waals surface area contributed by atoms with E-state index in [1.54, 1.807) is 6.07 Å². The van der Waals surface area contributed by atoms with Crippen molar-refractivity contribution in [3.8, 4) is 5.75 Å². The first-order valence-corrected chi connectivity index (χ1v) is 5.96. The fourth-order valence-electron chi connectivity index (χ4n) is 2.52. The summed E-state index contributed by atoms with van der Waals surface area (Å²) in [5.41, 5.74) is 0.354. The first kappa shape index (κ1) is 10.3. The van der Waals surface area contributed by atoms with Gasteiger partial charge in [0.2, 0.25) is 0 Å². The number of esters is 1. The molecule has 0 N–H and O–H groups in total. The van der Waals surface area contributed by atoms with Crippen molar-refractivity contribution in [3.05, 3.63) is 54.1 Å². The molecule has 3 aromatic rings. The van der Waals surface area contributed by atoms with E-state index in [9.17, 15) is 9.59 Å². The van der Waals surface area contributed by atoms with Crippen molar-refractivity contribution < 1.29 is 14.3 Å². The Balaban J connectivity index is 2.15. The predicted molar refractivity (Wildman–Crippen MR) is 71.4 cm³/mol. The van der Waals surface area contributed by atoms with Gasteiger partial charge in [-0.1, -0.05) is 30.3 Å². The maximum atomic E-state index is 11.6. The molecule has 3 aromatic carbocycles. The van der Waals surface area contributed by atoms with Gasteiger partial charge in [-0.2, -0.15) is 0 Å². The number of fused-ring (bicyclic) bond motifs is 4. The topological polar surface area (TPSA) is 43.4 Å². The Bertz CT molecular complexity index is 878. The van der Waals surface area contributed by atoms with Gasteiger partial charge in [0.15, 0.2) is 5.75 Å². The molecule has 90 valence electrons. The van der Waals surface area contributed by atoms with Crippen molar-refractivity contribution in [3.63, 3.8) is 0 Å². The summed E-state index contributed by atoms with van der Waals surface area (Å²) in [4.78, 5) is 23.0. The molecule has 1 aliphatic heterocycles. The Labute approximate surface area is 108 Å². The summed E-state index contributed by atoms with van der Waals surface area (Å²) in [5, 5.41) is 3.93. The third-order valence-corrected chi connectivity index (χ3v) is 3.46. The van der Waals surface area contributed by atoms with E-state index in [0.29, 0.717) is 11.3 Å². The van der Waals surface area contributed by atoms with Crippen molar-refractivity contribution in [2.24, 2.45) is 0 Å². The van der Waals surface area contributed by atoms with Crippen molar-refractivity contribution in [2.75, 3.05) is 0 Å². The van der Waals surface area contributed by atoms with Crippen LogP contribution in [0.15, 0.2) is 48.5 Å². The minimum atomic E-state index is -0.796. The van der Waals surface area contributed by atoms with Crippen molar-refractivity contribution in [2.45, 2.75) is 0 Å². The third-order valence-electron chi connectivity index (χ3n) is 3.46. The van der Waals surface area contributed by atoms with Gasteiger partial charge in [0.1, 0.15) is 0 Å². The molecular weight excluding hydrogens is 240 g/mol. The molecular formula is C16H8O3. The number of carbonyl (C=O) groups is 2. The molecule has 1 heterocycles. The standard InChI is InChI=1S/C16H8O3/c17-14-12-6-5-11-7-9-3-1-2-4-10(9)8-13(11)15(12)19-16(14)18/h1-8H. The van der Waals surface area contributed by atoms with Crippen LogP contribution in [0.5, 0.6) is 5.75 Å². The number of ketones is 1. The van der Waals surface area contributed by atoms with E-state index in [0.717, 1.165) is 21.5 Å². The smallest absolute Gasteiger partial charge is 0.385 e. The Morgan fingerprint density at radius 2 is 1.53 bits per heavy atom. The van der Waals surface area contributed by atoms with E-state index in [2.05, 4.69) is 0 Å². The average Bonchev–Trinajstić information content (AvgIpc) is 2.73. The van der Waals surface area contributed by atoms with E-state index in [1.807, 2.05) is 42.5 Å². The molecule has 0 fully saturated rings. The van der Waals surface area contributed by atoms with Gasteiger partial charge in [0, 0.05) is 5.39 Å². The minimum absolute atomic E-state index is 0.354. The highest BCUT2D eigenvalue weighted by Gasteiger charge is 2.32. The second-order valence-electron chi connectivity index (χ2n) is 4.58. The summed E-state index contributed by atoms with van der Waals surface area (Å²) in [6.07, 6.45) is 0. The number of ether oxygens (including phenoxy) is 1. The van der Waals surface area contributed by atoms with Gasteiger partial charge < -0.3 is 4.74 Å². The van der Waals surface area contributed by atoms with E-state index in [-0.39, 0.29) is 0 Å². The quantitative estimate of drug-likeness (QED) is 0.266. The molecule has 0 atom stereocenters. The van der Waals surface area contributed by atoms with Crippen molar-refractivity contribution >= 4 is 33.3 Å². The summed E-state index contributed by atoms with van der Waals surface area (Å²) < 4.78 is 5.09. The molecule has 19 heavy (non-hydrogen) atoms. The largest absolute Gasteiger partial charge is 0.419 e. The Kier molecular flexibility index (Phi) is 1.85. The summed E-state index contributed by atoms with van der Waals surface area (Å²) in [5.74, 6) is -0.973. The lowest BCUT2D eigenvalue weighted by Gasteiger charge is -2.05. The molecule has 0 unspecified atom stereocenters. The summed E-state index contributed by atoms with van der Waals surface area (Å²) in [6, 6.07) is 15.4. The minimum Gasteiger partial charge on any atom is -0.419 e. The monoisotopic (exact) mass is 248 g/mol. The van der Waals surface area contributed by atoms with Crippen LogP contribution in [0, 0.1) is 0 Å². The van der Waals surface area contributed by atoms with Gasteiger partial charge in [0.05, 0.1) is 5.56 Å². The first-order chi connectivity index (χ1) is 9.24. The summed E-state index contributed by atoms with van der Waals surface area (Å²) >= 11 is 0. The molecule has 0 bridgehead atoms. The zero-order valence-electron chi connectivity index (χ0n) is 9.84. The van der Waals surface area contributed by atoms with Crippen LogP contribution in [-0.4, -0.2) is 11.8 Å². The molecule has 3 nitrogen and oxygen atoms in total. The Morgan fingerprint density at radius 3 is 2.32 bits per heavy atom. The number of hydrogen-bond acceptors (Lipinski definition) is 3. The molecule has 3 heteroatoms. The zero-order valence-corrected chi connectivity index (χ0v) is 9.84. The second kappa shape index (κ2) is 3.42. The lowest BCUT2D eigenvalue weighted by atomic mass is 10.00. The maximum absolute atomic E-state index is 11.6. The SMILES string of the molecule is O=C1Oc2c(ccc3cc4ccccc4cc23)C1=O.